The zero-order valence-corrected chi connectivity index (χ0v) is 24.8. The quantitative estimate of drug-likeness (QED) is 0.210. The Morgan fingerprint density at radius 1 is 0.432 bits per heavy atom. The molecule has 0 bridgehead atoms. The lowest BCUT2D eigenvalue weighted by Crippen LogP contribution is -2.40. The Hall–Kier alpha value is -5.34. The van der Waals surface area contributed by atoms with Gasteiger partial charge in [-0.2, -0.15) is 0 Å². The predicted octanol–water partition coefficient (Wildman–Crippen LogP) is 9.97. The highest BCUT2D eigenvalue weighted by molar-refractivity contribution is 5.96. The summed E-state index contributed by atoms with van der Waals surface area (Å²) in [4.78, 5) is 10.2. The first-order valence-electron chi connectivity index (χ1n) is 15.4. The van der Waals surface area contributed by atoms with E-state index in [0.29, 0.717) is 0 Å². The SMILES string of the molecule is CC1(C)c2ccccc2C2(c3ccccc3-c3cc(-c4nc(-c5ccccc5)nc5ccccc45)ccc32)c2ccccc21. The summed E-state index contributed by atoms with van der Waals surface area (Å²) in [5.74, 6) is 0.744. The maximum atomic E-state index is 5.21. The average molecular weight is 563 g/mol. The Kier molecular flexibility index (Phi) is 5.20. The number of para-hydroxylation sites is 1. The first-order valence-corrected chi connectivity index (χ1v) is 15.4. The second-order valence-electron chi connectivity index (χ2n) is 12.6. The number of nitrogens with zero attached hydrogens (tertiary/aromatic N) is 2. The lowest BCUT2D eigenvalue weighted by molar-refractivity contribution is 0.563. The molecule has 0 aliphatic heterocycles. The molecular formula is C42H30N2. The molecule has 7 aromatic rings. The van der Waals surface area contributed by atoms with Gasteiger partial charge in [0.05, 0.1) is 16.6 Å². The molecular weight excluding hydrogens is 532 g/mol. The summed E-state index contributed by atoms with van der Waals surface area (Å²) in [7, 11) is 0. The van der Waals surface area contributed by atoms with Crippen LogP contribution >= 0.6 is 0 Å². The van der Waals surface area contributed by atoms with Gasteiger partial charge in [0.15, 0.2) is 5.82 Å². The fraction of sp³-hybridized carbons (Fsp3) is 0.0952. The maximum absolute atomic E-state index is 5.21. The molecule has 208 valence electrons. The normalized spacial score (nSPS) is 15.0. The average Bonchev–Trinajstić information content (AvgIpc) is 3.38. The van der Waals surface area contributed by atoms with Crippen LogP contribution in [0, 0.1) is 0 Å². The van der Waals surface area contributed by atoms with Gasteiger partial charge in [-0.3, -0.25) is 0 Å². The molecule has 1 heterocycles. The Morgan fingerprint density at radius 2 is 1.00 bits per heavy atom. The van der Waals surface area contributed by atoms with E-state index in [2.05, 4.69) is 141 Å². The second-order valence-corrected chi connectivity index (χ2v) is 12.6. The summed E-state index contributed by atoms with van der Waals surface area (Å²) < 4.78 is 0. The summed E-state index contributed by atoms with van der Waals surface area (Å²) in [6.07, 6.45) is 0. The van der Waals surface area contributed by atoms with Gasteiger partial charge in [0.25, 0.3) is 0 Å². The number of benzene rings is 6. The number of rotatable bonds is 2. The van der Waals surface area contributed by atoms with Crippen LogP contribution in [-0.2, 0) is 10.8 Å². The highest BCUT2D eigenvalue weighted by Crippen LogP contribution is 2.62. The standard InChI is InChI=1S/C42H30N2/c1-41(2)34-19-9-11-21-36(34)42(37-22-12-10-20-35(37)41)32-18-8-6-16-29(32)31-26-28(24-25-33(31)42)39-30-17-7-13-23-38(30)43-40(44-39)27-14-4-3-5-15-27/h3-26H,1-2H3. The summed E-state index contributed by atoms with van der Waals surface area (Å²) in [5, 5.41) is 1.06. The third kappa shape index (κ3) is 3.26. The fourth-order valence-corrected chi connectivity index (χ4v) is 8.03. The third-order valence-corrected chi connectivity index (χ3v) is 9.96. The van der Waals surface area contributed by atoms with E-state index in [1.54, 1.807) is 0 Å². The molecule has 6 aromatic carbocycles. The smallest absolute Gasteiger partial charge is 0.160 e. The van der Waals surface area contributed by atoms with Crippen LogP contribution in [0.1, 0.15) is 47.2 Å². The van der Waals surface area contributed by atoms with Crippen LogP contribution in [0.4, 0.5) is 0 Å². The van der Waals surface area contributed by atoms with Crippen LogP contribution in [0.2, 0.25) is 0 Å². The molecule has 0 amide bonds. The van der Waals surface area contributed by atoms with E-state index in [1.165, 1.54) is 44.5 Å². The molecule has 1 spiro atoms. The van der Waals surface area contributed by atoms with Gasteiger partial charge in [0.2, 0.25) is 0 Å². The monoisotopic (exact) mass is 562 g/mol. The molecule has 0 unspecified atom stereocenters. The Labute approximate surface area is 257 Å². The Balaban J connectivity index is 1.35. The van der Waals surface area contributed by atoms with Crippen LogP contribution in [0.15, 0.2) is 146 Å². The second kappa shape index (κ2) is 9.08. The first-order chi connectivity index (χ1) is 21.6. The van der Waals surface area contributed by atoms with Crippen molar-refractivity contribution < 1.29 is 0 Å². The van der Waals surface area contributed by atoms with Crippen LogP contribution in [0.25, 0.3) is 44.7 Å². The van der Waals surface area contributed by atoms with Crippen molar-refractivity contribution in [2.24, 2.45) is 0 Å². The van der Waals surface area contributed by atoms with Gasteiger partial charge in [-0.1, -0.05) is 147 Å². The van der Waals surface area contributed by atoms with E-state index in [-0.39, 0.29) is 5.41 Å². The zero-order chi connectivity index (χ0) is 29.5. The summed E-state index contributed by atoms with van der Waals surface area (Å²) >= 11 is 0. The Bertz CT molecular complexity index is 2210. The van der Waals surface area contributed by atoms with Gasteiger partial charge >= 0.3 is 0 Å². The van der Waals surface area contributed by atoms with Crippen molar-refractivity contribution in [3.05, 3.63) is 179 Å². The molecule has 1 aromatic heterocycles. The van der Waals surface area contributed by atoms with Gasteiger partial charge in [-0.15, -0.1) is 0 Å². The molecule has 0 saturated carbocycles. The molecule has 0 fully saturated rings. The maximum Gasteiger partial charge on any atom is 0.160 e. The Morgan fingerprint density at radius 3 is 1.73 bits per heavy atom. The summed E-state index contributed by atoms with van der Waals surface area (Å²) in [5.41, 5.74) is 14.3. The minimum atomic E-state index is -0.393. The van der Waals surface area contributed by atoms with Crippen molar-refractivity contribution in [3.63, 3.8) is 0 Å². The largest absolute Gasteiger partial charge is 0.228 e. The van der Waals surface area contributed by atoms with E-state index < -0.39 is 5.41 Å². The van der Waals surface area contributed by atoms with Crippen LogP contribution < -0.4 is 0 Å². The minimum absolute atomic E-state index is 0.107. The lowest BCUT2D eigenvalue weighted by Gasteiger charge is -2.46. The molecule has 0 radical (unpaired) electrons. The molecule has 2 aliphatic carbocycles. The number of fused-ring (bicyclic) bond motifs is 10. The van der Waals surface area contributed by atoms with Crippen molar-refractivity contribution in [2.45, 2.75) is 24.7 Å². The van der Waals surface area contributed by atoms with Crippen molar-refractivity contribution >= 4 is 10.9 Å². The van der Waals surface area contributed by atoms with Gasteiger partial charge in [0.1, 0.15) is 0 Å². The van der Waals surface area contributed by atoms with Crippen molar-refractivity contribution in [3.8, 4) is 33.8 Å². The van der Waals surface area contributed by atoms with E-state index in [4.69, 9.17) is 9.97 Å². The van der Waals surface area contributed by atoms with Gasteiger partial charge < -0.3 is 0 Å². The van der Waals surface area contributed by atoms with Gasteiger partial charge in [0, 0.05) is 21.9 Å². The number of hydrogen-bond donors (Lipinski definition) is 0. The topological polar surface area (TPSA) is 25.8 Å². The minimum Gasteiger partial charge on any atom is -0.228 e. The highest BCUT2D eigenvalue weighted by Gasteiger charge is 2.53. The highest BCUT2D eigenvalue weighted by atomic mass is 14.9. The number of aromatic nitrogens is 2. The van der Waals surface area contributed by atoms with E-state index in [9.17, 15) is 0 Å². The van der Waals surface area contributed by atoms with Gasteiger partial charge in [-0.05, 0) is 56.6 Å². The lowest BCUT2D eigenvalue weighted by atomic mass is 9.55. The van der Waals surface area contributed by atoms with Gasteiger partial charge in [-0.25, -0.2) is 9.97 Å². The van der Waals surface area contributed by atoms with E-state index in [0.717, 1.165) is 33.5 Å². The summed E-state index contributed by atoms with van der Waals surface area (Å²) in [6.45, 7) is 4.74. The van der Waals surface area contributed by atoms with Crippen molar-refractivity contribution in [1.82, 2.24) is 9.97 Å². The predicted molar refractivity (Wildman–Crippen MR) is 180 cm³/mol. The van der Waals surface area contributed by atoms with Crippen molar-refractivity contribution in [1.29, 1.82) is 0 Å². The molecule has 2 nitrogen and oxygen atoms in total. The van der Waals surface area contributed by atoms with E-state index >= 15 is 0 Å². The molecule has 9 rings (SSSR count). The van der Waals surface area contributed by atoms with Crippen molar-refractivity contribution in [2.75, 3.05) is 0 Å². The molecule has 0 saturated heterocycles. The fourth-order valence-electron chi connectivity index (χ4n) is 8.03. The van der Waals surface area contributed by atoms with E-state index in [1.807, 2.05) is 18.2 Å². The third-order valence-electron chi connectivity index (χ3n) is 9.96. The zero-order valence-electron chi connectivity index (χ0n) is 24.8. The molecule has 2 heteroatoms. The summed E-state index contributed by atoms with van der Waals surface area (Å²) in [6, 6.07) is 52.8. The first kappa shape index (κ1) is 25.2. The molecule has 2 aliphatic rings. The van der Waals surface area contributed by atoms with Crippen LogP contribution in [-0.4, -0.2) is 9.97 Å². The van der Waals surface area contributed by atoms with Crippen LogP contribution in [0.3, 0.4) is 0 Å². The number of hydrogen-bond acceptors (Lipinski definition) is 2. The molecule has 0 N–H and O–H groups in total. The molecule has 44 heavy (non-hydrogen) atoms. The molecule has 0 atom stereocenters. The van der Waals surface area contributed by atoms with Crippen LogP contribution in [0.5, 0.6) is 0 Å².